The number of aromatic nitrogens is 2. The molecule has 0 unspecified atom stereocenters. The summed E-state index contributed by atoms with van der Waals surface area (Å²) in [7, 11) is 0. The number of hydrogen-bond donors (Lipinski definition) is 0. The van der Waals surface area contributed by atoms with Gasteiger partial charge in [-0.25, -0.2) is 0 Å². The van der Waals surface area contributed by atoms with Crippen molar-refractivity contribution >= 4 is 27.2 Å². The molecule has 0 atom stereocenters. The summed E-state index contributed by atoms with van der Waals surface area (Å²) in [5, 5.41) is 3.81. The molecule has 0 N–H and O–H groups in total. The van der Waals surface area contributed by atoms with Gasteiger partial charge in [0.25, 0.3) is 0 Å². The van der Waals surface area contributed by atoms with E-state index in [0.717, 1.165) is 6.42 Å². The second-order valence-electron chi connectivity index (χ2n) is 6.67. The van der Waals surface area contributed by atoms with Crippen LogP contribution in [0.15, 0.2) is 60.9 Å². The lowest BCUT2D eigenvalue weighted by Crippen LogP contribution is -1.95. The molecule has 0 aliphatic heterocycles. The number of benzene rings is 2. The summed E-state index contributed by atoms with van der Waals surface area (Å²) in [6, 6.07) is 17.5. The second kappa shape index (κ2) is 4.81. The molecule has 0 saturated carbocycles. The smallest absolute Gasteiger partial charge is 0.0644 e. The Morgan fingerprint density at radius 1 is 0.833 bits per heavy atom. The van der Waals surface area contributed by atoms with Crippen LogP contribution >= 0.6 is 0 Å². The van der Waals surface area contributed by atoms with E-state index in [4.69, 9.17) is 0 Å². The molecule has 0 bridgehead atoms. The zero-order valence-electron chi connectivity index (χ0n) is 13.9. The normalized spacial score (nSPS) is 11.9. The summed E-state index contributed by atoms with van der Waals surface area (Å²) >= 11 is 0. The van der Waals surface area contributed by atoms with E-state index >= 15 is 0 Å². The van der Waals surface area contributed by atoms with Gasteiger partial charge in [-0.2, -0.15) is 0 Å². The quantitative estimate of drug-likeness (QED) is 0.433. The highest BCUT2D eigenvalue weighted by Crippen LogP contribution is 2.37. The lowest BCUT2D eigenvalue weighted by atomic mass is 10.0. The Bertz CT molecular complexity index is 1180. The SMILES string of the molecule is Cc1ccc(Cc2c(C)c3cncc4c5ccccc5n2c34)cc1. The minimum Gasteiger partial charge on any atom is -0.312 e. The van der Waals surface area contributed by atoms with Crippen LogP contribution in [0.25, 0.3) is 27.2 Å². The van der Waals surface area contributed by atoms with E-state index in [1.54, 1.807) is 0 Å². The fourth-order valence-electron chi connectivity index (χ4n) is 3.90. The maximum Gasteiger partial charge on any atom is 0.0644 e. The van der Waals surface area contributed by atoms with Gasteiger partial charge in [-0.1, -0.05) is 48.0 Å². The van der Waals surface area contributed by atoms with E-state index in [-0.39, 0.29) is 0 Å². The maximum absolute atomic E-state index is 4.50. The highest BCUT2D eigenvalue weighted by atomic mass is 14.9. The second-order valence-corrected chi connectivity index (χ2v) is 6.67. The van der Waals surface area contributed by atoms with Crippen molar-refractivity contribution in [3.05, 3.63) is 83.3 Å². The predicted octanol–water partition coefficient (Wildman–Crippen LogP) is 5.29. The van der Waals surface area contributed by atoms with Crippen LogP contribution in [0.1, 0.15) is 22.4 Å². The molecule has 5 aromatic rings. The molecule has 0 aliphatic rings. The minimum absolute atomic E-state index is 0.939. The molecule has 0 fully saturated rings. The first-order valence-corrected chi connectivity index (χ1v) is 8.37. The van der Waals surface area contributed by atoms with E-state index in [1.165, 1.54) is 49.6 Å². The number of nitrogens with zero attached hydrogens (tertiary/aromatic N) is 2. The molecule has 3 aromatic heterocycles. The maximum atomic E-state index is 4.50. The minimum atomic E-state index is 0.939. The van der Waals surface area contributed by atoms with Crippen molar-refractivity contribution in [2.75, 3.05) is 0 Å². The molecule has 2 aromatic carbocycles. The molecule has 0 saturated heterocycles. The average molecular weight is 310 g/mol. The van der Waals surface area contributed by atoms with Crippen molar-refractivity contribution in [2.45, 2.75) is 20.3 Å². The fraction of sp³-hybridized carbons (Fsp3) is 0.136. The molecular formula is C22H18N2. The topological polar surface area (TPSA) is 17.3 Å². The lowest BCUT2D eigenvalue weighted by molar-refractivity contribution is 1.04. The predicted molar refractivity (Wildman–Crippen MR) is 100 cm³/mol. The van der Waals surface area contributed by atoms with Gasteiger partial charge in [-0.05, 0) is 31.0 Å². The van der Waals surface area contributed by atoms with Crippen molar-refractivity contribution < 1.29 is 0 Å². The van der Waals surface area contributed by atoms with Crippen molar-refractivity contribution in [2.24, 2.45) is 0 Å². The van der Waals surface area contributed by atoms with Crippen LogP contribution in [0, 0.1) is 13.8 Å². The van der Waals surface area contributed by atoms with Gasteiger partial charge in [0.05, 0.1) is 11.0 Å². The third-order valence-corrected chi connectivity index (χ3v) is 5.18. The van der Waals surface area contributed by atoms with Gasteiger partial charge < -0.3 is 4.40 Å². The Morgan fingerprint density at radius 2 is 1.58 bits per heavy atom. The van der Waals surface area contributed by atoms with Crippen LogP contribution < -0.4 is 0 Å². The number of pyridine rings is 1. The van der Waals surface area contributed by atoms with Crippen LogP contribution in [0.2, 0.25) is 0 Å². The van der Waals surface area contributed by atoms with Crippen molar-refractivity contribution in [1.82, 2.24) is 9.38 Å². The number of aryl methyl sites for hydroxylation is 2. The number of para-hydroxylation sites is 1. The van der Waals surface area contributed by atoms with Crippen molar-refractivity contribution in [1.29, 1.82) is 0 Å². The molecule has 0 spiro atoms. The Balaban J connectivity index is 1.86. The Morgan fingerprint density at radius 3 is 2.42 bits per heavy atom. The Kier molecular flexibility index (Phi) is 2.72. The average Bonchev–Trinajstić information content (AvgIpc) is 3.09. The van der Waals surface area contributed by atoms with E-state index in [9.17, 15) is 0 Å². The van der Waals surface area contributed by atoms with E-state index in [2.05, 4.69) is 71.8 Å². The summed E-state index contributed by atoms with van der Waals surface area (Å²) in [5.74, 6) is 0. The van der Waals surface area contributed by atoms with Crippen LogP contribution in [0.3, 0.4) is 0 Å². The van der Waals surface area contributed by atoms with Crippen LogP contribution in [0.5, 0.6) is 0 Å². The van der Waals surface area contributed by atoms with Gasteiger partial charge in [0.15, 0.2) is 0 Å². The van der Waals surface area contributed by atoms with Gasteiger partial charge in [-0.3, -0.25) is 4.98 Å². The summed E-state index contributed by atoms with van der Waals surface area (Å²) in [6.45, 7) is 4.36. The van der Waals surface area contributed by atoms with E-state index in [1.807, 2.05) is 12.4 Å². The molecular weight excluding hydrogens is 292 g/mol. The molecule has 116 valence electrons. The van der Waals surface area contributed by atoms with Gasteiger partial charge in [-0.15, -0.1) is 0 Å². The molecule has 0 amide bonds. The molecule has 5 rings (SSSR count). The number of rotatable bonds is 2. The zero-order valence-corrected chi connectivity index (χ0v) is 13.9. The monoisotopic (exact) mass is 310 g/mol. The number of fused-ring (bicyclic) bond motifs is 3. The highest BCUT2D eigenvalue weighted by molar-refractivity contribution is 6.15. The Hall–Kier alpha value is -2.87. The van der Waals surface area contributed by atoms with Gasteiger partial charge >= 0.3 is 0 Å². The summed E-state index contributed by atoms with van der Waals surface area (Å²) in [6.07, 6.45) is 4.95. The first-order valence-electron chi connectivity index (χ1n) is 8.37. The van der Waals surface area contributed by atoms with E-state index in [0.29, 0.717) is 0 Å². The van der Waals surface area contributed by atoms with Crippen LogP contribution in [-0.4, -0.2) is 9.38 Å². The molecule has 0 radical (unpaired) electrons. The fourth-order valence-corrected chi connectivity index (χ4v) is 3.90. The lowest BCUT2D eigenvalue weighted by Gasteiger charge is -2.06. The number of hydrogen-bond acceptors (Lipinski definition) is 1. The molecule has 0 aliphatic carbocycles. The van der Waals surface area contributed by atoms with Gasteiger partial charge in [0, 0.05) is 40.7 Å². The largest absolute Gasteiger partial charge is 0.312 e. The summed E-state index contributed by atoms with van der Waals surface area (Å²) < 4.78 is 2.44. The summed E-state index contributed by atoms with van der Waals surface area (Å²) in [5.41, 5.74) is 7.95. The van der Waals surface area contributed by atoms with Crippen LogP contribution in [0.4, 0.5) is 0 Å². The van der Waals surface area contributed by atoms with Crippen LogP contribution in [-0.2, 0) is 6.42 Å². The van der Waals surface area contributed by atoms with E-state index < -0.39 is 0 Å². The van der Waals surface area contributed by atoms with Gasteiger partial charge in [0.1, 0.15) is 0 Å². The highest BCUT2D eigenvalue weighted by Gasteiger charge is 2.19. The Labute approximate surface area is 140 Å². The zero-order chi connectivity index (χ0) is 16.3. The molecule has 3 heterocycles. The van der Waals surface area contributed by atoms with Crippen molar-refractivity contribution in [3.8, 4) is 0 Å². The molecule has 24 heavy (non-hydrogen) atoms. The van der Waals surface area contributed by atoms with Gasteiger partial charge in [0.2, 0.25) is 0 Å². The molecule has 2 heteroatoms. The third kappa shape index (κ3) is 1.74. The third-order valence-electron chi connectivity index (χ3n) is 5.18. The van der Waals surface area contributed by atoms with Crippen molar-refractivity contribution in [3.63, 3.8) is 0 Å². The first kappa shape index (κ1) is 13.6. The first-order chi connectivity index (χ1) is 11.7. The standard InChI is InChI=1S/C22H18N2/c1-14-7-9-16(10-8-14)11-21-15(2)18-12-23-13-19-17-5-3-4-6-20(17)24(21)22(18)19/h3-10,12-13H,11H2,1-2H3. The summed E-state index contributed by atoms with van der Waals surface area (Å²) in [4.78, 5) is 4.50. The molecule has 2 nitrogen and oxygen atoms in total.